The lowest BCUT2D eigenvalue weighted by atomic mass is 9.84. The summed E-state index contributed by atoms with van der Waals surface area (Å²) in [4.78, 5) is 26.5. The van der Waals surface area contributed by atoms with Gasteiger partial charge in [-0.25, -0.2) is 0 Å². The van der Waals surface area contributed by atoms with Gasteiger partial charge in [-0.1, -0.05) is 12.1 Å². The minimum absolute atomic E-state index is 0.0377. The lowest BCUT2D eigenvalue weighted by Gasteiger charge is -2.44. The number of piperidine rings is 1. The molecule has 2 amide bonds. The van der Waals surface area contributed by atoms with Crippen LogP contribution in [0.5, 0.6) is 0 Å². The normalized spacial score (nSPS) is 18.7. The van der Waals surface area contributed by atoms with E-state index in [9.17, 15) is 9.59 Å². The zero-order valence-corrected chi connectivity index (χ0v) is 14.7. The molecule has 0 unspecified atom stereocenters. The average Bonchev–Trinajstić information content (AvgIpc) is 3.12. The first-order valence-corrected chi connectivity index (χ1v) is 8.81. The van der Waals surface area contributed by atoms with Crippen LogP contribution in [-0.2, 0) is 11.3 Å². The quantitative estimate of drug-likeness (QED) is 0.785. The molecule has 136 valence electrons. The minimum Gasteiger partial charge on any atom is -0.455 e. The third kappa shape index (κ3) is 2.94. The molecule has 0 saturated carbocycles. The van der Waals surface area contributed by atoms with Crippen LogP contribution < -0.4 is 16.0 Å². The molecule has 7 nitrogen and oxygen atoms in total. The molecule has 0 radical (unpaired) electrons. The Balaban J connectivity index is 1.40. The molecule has 1 fully saturated rings. The number of fused-ring (bicyclic) bond motifs is 1. The SMILES string of the molecule is CNC(=O)c1ccc(CN2CCC3(CC2)Nc2ccccc2NC3=O)o1. The van der Waals surface area contributed by atoms with Gasteiger partial charge in [0.15, 0.2) is 5.76 Å². The van der Waals surface area contributed by atoms with Gasteiger partial charge in [0.05, 0.1) is 17.9 Å². The van der Waals surface area contributed by atoms with E-state index in [0.717, 1.165) is 43.1 Å². The van der Waals surface area contributed by atoms with Crippen LogP contribution in [0.3, 0.4) is 0 Å². The number of hydrogen-bond acceptors (Lipinski definition) is 5. The fourth-order valence-corrected chi connectivity index (χ4v) is 3.63. The third-order valence-electron chi connectivity index (χ3n) is 5.19. The van der Waals surface area contributed by atoms with E-state index in [1.54, 1.807) is 13.1 Å². The maximum absolute atomic E-state index is 12.7. The number of nitrogens with zero attached hydrogens (tertiary/aromatic N) is 1. The summed E-state index contributed by atoms with van der Waals surface area (Å²) in [7, 11) is 1.58. The largest absolute Gasteiger partial charge is 0.455 e. The number of hydrogen-bond donors (Lipinski definition) is 3. The Bertz CT molecular complexity index is 837. The summed E-state index contributed by atoms with van der Waals surface area (Å²) >= 11 is 0. The zero-order chi connectivity index (χ0) is 18.1. The number of carbonyl (C=O) groups is 2. The molecule has 7 heteroatoms. The molecular weight excluding hydrogens is 332 g/mol. The maximum atomic E-state index is 12.7. The summed E-state index contributed by atoms with van der Waals surface area (Å²) < 4.78 is 5.60. The van der Waals surface area contributed by atoms with Crippen molar-refractivity contribution in [1.82, 2.24) is 10.2 Å². The molecule has 2 aliphatic rings. The molecule has 0 bridgehead atoms. The van der Waals surface area contributed by atoms with E-state index in [0.29, 0.717) is 12.3 Å². The summed E-state index contributed by atoms with van der Waals surface area (Å²) in [6.07, 6.45) is 1.44. The number of anilines is 2. The highest BCUT2D eigenvalue weighted by molar-refractivity contribution is 6.06. The number of rotatable bonds is 3. The molecule has 0 aliphatic carbocycles. The summed E-state index contributed by atoms with van der Waals surface area (Å²) in [5.41, 5.74) is 1.26. The van der Waals surface area contributed by atoms with Gasteiger partial charge in [0.2, 0.25) is 5.91 Å². The Morgan fingerprint density at radius 2 is 1.92 bits per heavy atom. The van der Waals surface area contributed by atoms with Crippen molar-refractivity contribution in [2.24, 2.45) is 0 Å². The van der Waals surface area contributed by atoms with Crippen LogP contribution >= 0.6 is 0 Å². The van der Waals surface area contributed by atoms with Gasteiger partial charge in [0, 0.05) is 20.1 Å². The molecule has 3 heterocycles. The molecule has 3 N–H and O–H groups in total. The van der Waals surface area contributed by atoms with E-state index >= 15 is 0 Å². The minimum atomic E-state index is -0.554. The van der Waals surface area contributed by atoms with Gasteiger partial charge in [-0.05, 0) is 37.1 Å². The second-order valence-corrected chi connectivity index (χ2v) is 6.83. The van der Waals surface area contributed by atoms with Crippen molar-refractivity contribution in [3.63, 3.8) is 0 Å². The Labute approximate surface area is 151 Å². The second-order valence-electron chi connectivity index (χ2n) is 6.83. The van der Waals surface area contributed by atoms with Gasteiger partial charge in [0.1, 0.15) is 11.3 Å². The Hall–Kier alpha value is -2.80. The monoisotopic (exact) mass is 354 g/mol. The van der Waals surface area contributed by atoms with Crippen molar-refractivity contribution in [3.05, 3.63) is 47.9 Å². The van der Waals surface area contributed by atoms with Gasteiger partial charge in [-0.2, -0.15) is 0 Å². The molecule has 1 aromatic heterocycles. The van der Waals surface area contributed by atoms with E-state index in [2.05, 4.69) is 20.9 Å². The van der Waals surface area contributed by atoms with Gasteiger partial charge >= 0.3 is 0 Å². The molecule has 1 aromatic carbocycles. The predicted molar refractivity (Wildman–Crippen MR) is 98.0 cm³/mol. The highest BCUT2D eigenvalue weighted by Gasteiger charge is 2.44. The standard InChI is InChI=1S/C19H22N4O3/c1-20-17(24)16-7-6-13(26-16)12-23-10-8-19(9-11-23)18(25)21-14-4-2-3-5-15(14)22-19/h2-7,22H,8-12H2,1H3,(H,20,24)(H,21,25). The molecule has 4 rings (SSSR count). The van der Waals surface area contributed by atoms with Crippen molar-refractivity contribution >= 4 is 23.2 Å². The lowest BCUT2D eigenvalue weighted by Crippen LogP contribution is -2.58. The average molecular weight is 354 g/mol. The molecule has 1 spiro atoms. The first kappa shape index (κ1) is 16.7. The van der Waals surface area contributed by atoms with Crippen LogP contribution in [-0.4, -0.2) is 42.4 Å². The number of benzene rings is 1. The van der Waals surface area contributed by atoms with Crippen LogP contribution in [0, 0.1) is 0 Å². The van der Waals surface area contributed by atoms with Crippen molar-refractivity contribution in [1.29, 1.82) is 0 Å². The van der Waals surface area contributed by atoms with Gasteiger partial charge in [-0.3, -0.25) is 14.5 Å². The van der Waals surface area contributed by atoms with E-state index in [-0.39, 0.29) is 11.8 Å². The fraction of sp³-hybridized carbons (Fsp3) is 0.368. The predicted octanol–water partition coefficient (Wildman–Crippen LogP) is 2.04. The number of furan rings is 1. The fourth-order valence-electron chi connectivity index (χ4n) is 3.63. The van der Waals surface area contributed by atoms with Crippen LogP contribution in [0.15, 0.2) is 40.8 Å². The molecule has 2 aromatic rings. The molecule has 26 heavy (non-hydrogen) atoms. The molecular formula is C19H22N4O3. The van der Waals surface area contributed by atoms with Gasteiger partial charge < -0.3 is 20.4 Å². The molecule has 1 saturated heterocycles. The Kier molecular flexibility index (Phi) is 4.16. The first-order chi connectivity index (χ1) is 12.6. The van der Waals surface area contributed by atoms with Crippen molar-refractivity contribution < 1.29 is 14.0 Å². The van der Waals surface area contributed by atoms with E-state index in [4.69, 9.17) is 4.42 Å². The number of amides is 2. The highest BCUT2D eigenvalue weighted by atomic mass is 16.4. The van der Waals surface area contributed by atoms with E-state index in [1.807, 2.05) is 30.3 Å². The highest BCUT2D eigenvalue weighted by Crippen LogP contribution is 2.36. The zero-order valence-electron chi connectivity index (χ0n) is 14.7. The van der Waals surface area contributed by atoms with Crippen molar-refractivity contribution in [3.8, 4) is 0 Å². The Morgan fingerprint density at radius 3 is 2.65 bits per heavy atom. The summed E-state index contributed by atoms with van der Waals surface area (Å²) in [5, 5.41) is 9.03. The number of likely N-dealkylation sites (tertiary alicyclic amines) is 1. The summed E-state index contributed by atoms with van der Waals surface area (Å²) in [5.74, 6) is 0.887. The lowest BCUT2D eigenvalue weighted by molar-refractivity contribution is -0.122. The molecule has 0 atom stereocenters. The summed E-state index contributed by atoms with van der Waals surface area (Å²) in [6.45, 7) is 2.18. The number of carbonyl (C=O) groups excluding carboxylic acids is 2. The first-order valence-electron chi connectivity index (χ1n) is 8.81. The smallest absolute Gasteiger partial charge is 0.286 e. The third-order valence-corrected chi connectivity index (χ3v) is 5.19. The van der Waals surface area contributed by atoms with Gasteiger partial charge in [0.25, 0.3) is 5.91 Å². The van der Waals surface area contributed by atoms with Crippen LogP contribution in [0.2, 0.25) is 0 Å². The summed E-state index contributed by atoms with van der Waals surface area (Å²) in [6, 6.07) is 11.3. The maximum Gasteiger partial charge on any atom is 0.286 e. The number of nitrogens with one attached hydrogen (secondary N) is 3. The van der Waals surface area contributed by atoms with Crippen molar-refractivity contribution in [2.75, 3.05) is 30.8 Å². The van der Waals surface area contributed by atoms with Crippen LogP contribution in [0.4, 0.5) is 11.4 Å². The topological polar surface area (TPSA) is 86.6 Å². The second kappa shape index (κ2) is 6.49. The van der Waals surface area contributed by atoms with E-state index < -0.39 is 5.54 Å². The number of para-hydroxylation sites is 2. The van der Waals surface area contributed by atoms with Crippen molar-refractivity contribution in [2.45, 2.75) is 24.9 Å². The Morgan fingerprint density at radius 1 is 1.19 bits per heavy atom. The molecule has 2 aliphatic heterocycles. The van der Waals surface area contributed by atoms with E-state index in [1.165, 1.54) is 0 Å². The van der Waals surface area contributed by atoms with Crippen LogP contribution in [0.1, 0.15) is 29.2 Å². The van der Waals surface area contributed by atoms with Crippen LogP contribution in [0.25, 0.3) is 0 Å². The van der Waals surface area contributed by atoms with Gasteiger partial charge in [-0.15, -0.1) is 0 Å².